The summed E-state index contributed by atoms with van der Waals surface area (Å²) in [6, 6.07) is 0. The van der Waals surface area contributed by atoms with Crippen molar-refractivity contribution in [2.75, 3.05) is 11.9 Å². The Morgan fingerprint density at radius 2 is 2.19 bits per heavy atom. The Kier molecular flexibility index (Phi) is 3.70. The van der Waals surface area contributed by atoms with Crippen LogP contribution in [-0.4, -0.2) is 27.6 Å². The van der Waals surface area contributed by atoms with E-state index in [-0.39, 0.29) is 22.1 Å². The van der Waals surface area contributed by atoms with E-state index in [2.05, 4.69) is 15.3 Å². The minimum absolute atomic E-state index is 0.0210. The number of anilines is 1. The van der Waals surface area contributed by atoms with E-state index < -0.39 is 5.97 Å². The molecule has 1 rings (SSSR count). The van der Waals surface area contributed by atoms with Gasteiger partial charge in [-0.3, -0.25) is 0 Å². The molecular weight excluding hydrogens is 230 g/mol. The summed E-state index contributed by atoms with van der Waals surface area (Å²) in [6.45, 7) is 6.69. The zero-order valence-electron chi connectivity index (χ0n) is 9.41. The smallest absolute Gasteiger partial charge is 0.341 e. The van der Waals surface area contributed by atoms with Crippen LogP contribution in [0.1, 0.15) is 31.1 Å². The molecular formula is C10H14ClN3O2. The van der Waals surface area contributed by atoms with Gasteiger partial charge in [0.1, 0.15) is 11.4 Å². The number of carbonyl (C=O) groups is 1. The fourth-order valence-corrected chi connectivity index (χ4v) is 1.13. The molecule has 0 unspecified atom stereocenters. The van der Waals surface area contributed by atoms with Gasteiger partial charge < -0.3 is 10.4 Å². The summed E-state index contributed by atoms with van der Waals surface area (Å²) in [6.07, 6.45) is 1.20. The van der Waals surface area contributed by atoms with Crippen molar-refractivity contribution in [3.8, 4) is 0 Å². The van der Waals surface area contributed by atoms with Crippen molar-refractivity contribution < 1.29 is 9.90 Å². The Balaban J connectivity index is 2.93. The zero-order valence-corrected chi connectivity index (χ0v) is 10.2. The quantitative estimate of drug-likeness (QED) is 0.797. The molecule has 0 aliphatic rings. The van der Waals surface area contributed by atoms with Crippen molar-refractivity contribution >= 4 is 23.4 Å². The molecule has 0 bridgehead atoms. The van der Waals surface area contributed by atoms with Crippen LogP contribution in [0.15, 0.2) is 6.20 Å². The first-order valence-electron chi connectivity index (χ1n) is 4.79. The molecule has 0 aliphatic carbocycles. The molecule has 0 radical (unpaired) electrons. The van der Waals surface area contributed by atoms with E-state index in [0.29, 0.717) is 6.54 Å². The van der Waals surface area contributed by atoms with Crippen molar-refractivity contribution in [3.05, 3.63) is 17.0 Å². The first-order valence-corrected chi connectivity index (χ1v) is 5.17. The van der Waals surface area contributed by atoms with Crippen molar-refractivity contribution in [2.24, 2.45) is 5.41 Å². The molecule has 16 heavy (non-hydrogen) atoms. The van der Waals surface area contributed by atoms with Crippen LogP contribution in [0.4, 0.5) is 5.82 Å². The molecule has 0 fully saturated rings. The molecule has 2 N–H and O–H groups in total. The second kappa shape index (κ2) is 4.65. The lowest BCUT2D eigenvalue weighted by atomic mass is 9.97. The standard InChI is InChI=1S/C10H14ClN3O2/c1-10(2,3)5-13-7-6(8(15)16)4-12-9(11)14-7/h4H,5H2,1-3H3,(H,15,16)(H,12,13,14). The Hall–Kier alpha value is -1.36. The number of carboxylic acids is 1. The number of hydrogen-bond donors (Lipinski definition) is 2. The first kappa shape index (κ1) is 12.7. The van der Waals surface area contributed by atoms with Crippen molar-refractivity contribution in [2.45, 2.75) is 20.8 Å². The fourth-order valence-electron chi connectivity index (χ4n) is 1.00. The van der Waals surface area contributed by atoms with Gasteiger partial charge in [0.25, 0.3) is 0 Å². The van der Waals surface area contributed by atoms with Crippen LogP contribution in [-0.2, 0) is 0 Å². The van der Waals surface area contributed by atoms with Crippen molar-refractivity contribution in [1.82, 2.24) is 9.97 Å². The molecule has 0 saturated carbocycles. The number of nitrogens with one attached hydrogen (secondary N) is 1. The normalized spacial score (nSPS) is 11.2. The molecule has 0 aliphatic heterocycles. The maximum absolute atomic E-state index is 10.9. The lowest BCUT2D eigenvalue weighted by Crippen LogP contribution is -2.21. The molecule has 5 nitrogen and oxygen atoms in total. The van der Waals surface area contributed by atoms with E-state index in [1.165, 1.54) is 6.20 Å². The van der Waals surface area contributed by atoms with Crippen molar-refractivity contribution in [1.29, 1.82) is 0 Å². The summed E-state index contributed by atoms with van der Waals surface area (Å²) in [5, 5.41) is 11.9. The fraction of sp³-hybridized carbons (Fsp3) is 0.500. The Morgan fingerprint density at radius 3 is 2.69 bits per heavy atom. The number of rotatable bonds is 3. The van der Waals surface area contributed by atoms with Gasteiger partial charge >= 0.3 is 5.97 Å². The van der Waals surface area contributed by atoms with E-state index >= 15 is 0 Å². The summed E-state index contributed by atoms with van der Waals surface area (Å²) >= 11 is 5.62. The number of halogens is 1. The molecule has 88 valence electrons. The highest BCUT2D eigenvalue weighted by molar-refractivity contribution is 6.28. The van der Waals surface area contributed by atoms with Gasteiger partial charge in [-0.15, -0.1) is 0 Å². The number of hydrogen-bond acceptors (Lipinski definition) is 4. The predicted molar refractivity (Wildman–Crippen MR) is 61.9 cm³/mol. The molecule has 0 spiro atoms. The van der Waals surface area contributed by atoms with Crippen LogP contribution in [0.5, 0.6) is 0 Å². The molecule has 0 saturated heterocycles. The Bertz CT molecular complexity index is 402. The van der Waals surface area contributed by atoms with Gasteiger partial charge in [-0.2, -0.15) is 4.98 Å². The Morgan fingerprint density at radius 1 is 1.56 bits per heavy atom. The van der Waals surface area contributed by atoms with Crippen LogP contribution in [0.25, 0.3) is 0 Å². The summed E-state index contributed by atoms with van der Waals surface area (Å²) in [7, 11) is 0. The lowest BCUT2D eigenvalue weighted by Gasteiger charge is -2.19. The number of nitrogens with zero attached hydrogens (tertiary/aromatic N) is 2. The van der Waals surface area contributed by atoms with Gasteiger partial charge in [-0.05, 0) is 17.0 Å². The molecule has 0 aromatic carbocycles. The van der Waals surface area contributed by atoms with Crippen LogP contribution in [0, 0.1) is 5.41 Å². The maximum atomic E-state index is 10.9. The van der Waals surface area contributed by atoms with E-state index in [0.717, 1.165) is 0 Å². The molecule has 6 heteroatoms. The van der Waals surface area contributed by atoms with Gasteiger partial charge in [0.15, 0.2) is 0 Å². The lowest BCUT2D eigenvalue weighted by molar-refractivity contribution is 0.0697. The van der Waals surface area contributed by atoms with Gasteiger partial charge in [-0.25, -0.2) is 9.78 Å². The number of aromatic carboxylic acids is 1. The summed E-state index contributed by atoms with van der Waals surface area (Å²) < 4.78 is 0. The monoisotopic (exact) mass is 243 g/mol. The largest absolute Gasteiger partial charge is 0.477 e. The SMILES string of the molecule is CC(C)(C)CNc1nc(Cl)ncc1C(=O)O. The van der Waals surface area contributed by atoms with Crippen LogP contribution >= 0.6 is 11.6 Å². The van der Waals surface area contributed by atoms with E-state index in [1.807, 2.05) is 20.8 Å². The topological polar surface area (TPSA) is 75.1 Å². The molecule has 1 aromatic heterocycles. The minimum atomic E-state index is -1.08. The third kappa shape index (κ3) is 3.66. The second-order valence-electron chi connectivity index (χ2n) is 4.62. The predicted octanol–water partition coefficient (Wildman–Crippen LogP) is 2.29. The summed E-state index contributed by atoms with van der Waals surface area (Å²) in [5.41, 5.74) is 0.0429. The van der Waals surface area contributed by atoms with E-state index in [1.54, 1.807) is 0 Å². The Labute approximate surface area is 98.9 Å². The average Bonchev–Trinajstić information content (AvgIpc) is 2.13. The molecule has 1 heterocycles. The summed E-state index contributed by atoms with van der Waals surface area (Å²) in [5.74, 6) is -0.824. The van der Waals surface area contributed by atoms with Crippen LogP contribution in [0.2, 0.25) is 5.28 Å². The second-order valence-corrected chi connectivity index (χ2v) is 4.96. The number of carboxylic acid groups (broad SMARTS) is 1. The third-order valence-electron chi connectivity index (χ3n) is 1.78. The van der Waals surface area contributed by atoms with Gasteiger partial charge in [0.2, 0.25) is 5.28 Å². The van der Waals surface area contributed by atoms with Crippen molar-refractivity contribution in [3.63, 3.8) is 0 Å². The molecule has 0 atom stereocenters. The third-order valence-corrected chi connectivity index (χ3v) is 1.96. The highest BCUT2D eigenvalue weighted by Gasteiger charge is 2.16. The van der Waals surface area contributed by atoms with Crippen LogP contribution in [0.3, 0.4) is 0 Å². The highest BCUT2D eigenvalue weighted by atomic mass is 35.5. The highest BCUT2D eigenvalue weighted by Crippen LogP contribution is 2.18. The van der Waals surface area contributed by atoms with Gasteiger partial charge in [0, 0.05) is 12.7 Å². The summed E-state index contributed by atoms with van der Waals surface area (Å²) in [4.78, 5) is 18.4. The average molecular weight is 244 g/mol. The van der Waals surface area contributed by atoms with E-state index in [4.69, 9.17) is 16.7 Å². The van der Waals surface area contributed by atoms with Gasteiger partial charge in [0.05, 0.1) is 0 Å². The maximum Gasteiger partial charge on any atom is 0.341 e. The molecule has 0 amide bonds. The van der Waals surface area contributed by atoms with Gasteiger partial charge in [-0.1, -0.05) is 20.8 Å². The molecule has 1 aromatic rings. The number of aromatic nitrogens is 2. The first-order chi connectivity index (χ1) is 7.29. The van der Waals surface area contributed by atoms with E-state index in [9.17, 15) is 4.79 Å². The zero-order chi connectivity index (χ0) is 12.3. The minimum Gasteiger partial charge on any atom is -0.477 e. The van der Waals surface area contributed by atoms with Crippen LogP contribution < -0.4 is 5.32 Å².